The van der Waals surface area contributed by atoms with E-state index < -0.39 is 13.9 Å². The van der Waals surface area contributed by atoms with Crippen LogP contribution >= 0.6 is 7.82 Å². The lowest BCUT2D eigenvalue weighted by atomic mass is 10.0. The van der Waals surface area contributed by atoms with Crippen molar-refractivity contribution in [1.29, 1.82) is 0 Å². The van der Waals surface area contributed by atoms with E-state index in [1.165, 1.54) is 212 Å². The molecule has 0 aromatic heterocycles. The molecule has 0 radical (unpaired) electrons. The number of likely N-dealkylation sites (N-methyl/N-ethyl adjacent to an activating group) is 1. The van der Waals surface area contributed by atoms with E-state index in [2.05, 4.69) is 50.3 Å². The first-order valence-corrected chi connectivity index (χ1v) is 30.2. The van der Waals surface area contributed by atoms with Crippen molar-refractivity contribution in [3.63, 3.8) is 0 Å². The van der Waals surface area contributed by atoms with Gasteiger partial charge in [-0.2, -0.15) is 0 Å². The number of hydrogen-bond acceptors (Lipinski definition) is 7. The van der Waals surface area contributed by atoms with Crippen LogP contribution in [0.3, 0.4) is 0 Å². The van der Waals surface area contributed by atoms with Gasteiger partial charge >= 0.3 is 5.97 Å². The van der Waals surface area contributed by atoms with Crippen LogP contribution in [0.1, 0.15) is 271 Å². The molecule has 0 rings (SSSR count). The minimum atomic E-state index is -4.53. The van der Waals surface area contributed by atoms with Gasteiger partial charge in [0.25, 0.3) is 7.82 Å². The molecule has 0 N–H and O–H groups in total. The molecule has 67 heavy (non-hydrogen) atoms. The van der Waals surface area contributed by atoms with Crippen molar-refractivity contribution in [3.8, 4) is 0 Å². The number of esters is 1. The van der Waals surface area contributed by atoms with E-state index >= 15 is 0 Å². The van der Waals surface area contributed by atoms with Crippen molar-refractivity contribution in [1.82, 2.24) is 0 Å². The molecule has 2 unspecified atom stereocenters. The highest BCUT2D eigenvalue weighted by Crippen LogP contribution is 2.38. The van der Waals surface area contributed by atoms with Crippen LogP contribution in [0.15, 0.2) is 36.5 Å². The Hall–Kier alpha value is -1.28. The first-order chi connectivity index (χ1) is 32.6. The standard InChI is InChI=1S/C58H112NO7P/c1-6-8-10-12-14-16-18-20-22-24-26-28-29-30-31-32-33-35-37-39-41-43-45-47-49-51-58(60)66-57(56-65-67(61,62)64-54-52-59(3,4)5)55-63-53-50-48-46-44-42-40-38-36-34-27-25-23-21-19-17-15-13-11-9-7-2/h15,17,21,23-24,26,57H,6-14,16,18-20,22,25,27-56H2,1-5H3/b17-15-,23-21-,26-24-. The Kier molecular flexibility index (Phi) is 50.1. The number of carbonyl (C=O) groups excluding carboxylic acids is 1. The number of nitrogens with zero attached hydrogens (tertiary/aromatic N) is 1. The predicted octanol–water partition coefficient (Wildman–Crippen LogP) is 17.4. The molecule has 8 nitrogen and oxygen atoms in total. The molecule has 0 amide bonds. The number of quaternary nitrogens is 1. The Morgan fingerprint density at radius 3 is 1.25 bits per heavy atom. The largest absolute Gasteiger partial charge is 0.756 e. The van der Waals surface area contributed by atoms with Gasteiger partial charge in [-0.15, -0.1) is 0 Å². The van der Waals surface area contributed by atoms with E-state index in [0.29, 0.717) is 24.1 Å². The third kappa shape index (κ3) is 55.5. The lowest BCUT2D eigenvalue weighted by Crippen LogP contribution is -2.37. The fourth-order valence-electron chi connectivity index (χ4n) is 8.22. The summed E-state index contributed by atoms with van der Waals surface area (Å²) in [5, 5.41) is 0. The molecule has 0 bridgehead atoms. The average Bonchev–Trinajstić information content (AvgIpc) is 3.29. The normalized spacial score (nSPS) is 13.7. The highest BCUT2D eigenvalue weighted by Gasteiger charge is 2.20. The number of unbranched alkanes of at least 4 members (excludes halogenated alkanes) is 34. The van der Waals surface area contributed by atoms with Crippen LogP contribution < -0.4 is 4.89 Å². The minimum absolute atomic E-state index is 0.0265. The van der Waals surface area contributed by atoms with Crippen LogP contribution in [0.2, 0.25) is 0 Å². The summed E-state index contributed by atoms with van der Waals surface area (Å²) in [6.45, 7) is 5.43. The van der Waals surface area contributed by atoms with Crippen molar-refractivity contribution in [3.05, 3.63) is 36.5 Å². The lowest BCUT2D eigenvalue weighted by Gasteiger charge is -2.28. The Morgan fingerprint density at radius 1 is 0.463 bits per heavy atom. The van der Waals surface area contributed by atoms with Gasteiger partial charge in [-0.25, -0.2) is 0 Å². The Morgan fingerprint density at radius 2 is 0.821 bits per heavy atom. The van der Waals surface area contributed by atoms with Crippen LogP contribution in [0.4, 0.5) is 0 Å². The third-order valence-corrected chi connectivity index (χ3v) is 13.6. The topological polar surface area (TPSA) is 94.1 Å². The van der Waals surface area contributed by atoms with E-state index in [9.17, 15) is 14.3 Å². The van der Waals surface area contributed by atoms with Crippen molar-refractivity contribution in [2.45, 2.75) is 277 Å². The second-order valence-electron chi connectivity index (χ2n) is 20.6. The van der Waals surface area contributed by atoms with Crippen molar-refractivity contribution in [2.75, 3.05) is 54.1 Å². The van der Waals surface area contributed by atoms with Gasteiger partial charge < -0.3 is 27.9 Å². The molecule has 0 aromatic rings. The zero-order chi connectivity index (χ0) is 49.0. The van der Waals surface area contributed by atoms with E-state index in [-0.39, 0.29) is 25.8 Å². The second kappa shape index (κ2) is 51.1. The van der Waals surface area contributed by atoms with Crippen molar-refractivity contribution < 1.29 is 37.3 Å². The fraction of sp³-hybridized carbons (Fsp3) is 0.879. The van der Waals surface area contributed by atoms with Gasteiger partial charge in [-0.1, -0.05) is 230 Å². The summed E-state index contributed by atoms with van der Waals surface area (Å²) in [5.41, 5.74) is 0. The zero-order valence-corrected chi connectivity index (χ0v) is 46.0. The Labute approximate surface area is 416 Å². The van der Waals surface area contributed by atoms with Gasteiger partial charge in [0, 0.05) is 13.0 Å². The number of ether oxygens (including phenoxy) is 2. The molecule has 0 aliphatic carbocycles. The van der Waals surface area contributed by atoms with Gasteiger partial charge in [0.05, 0.1) is 34.4 Å². The van der Waals surface area contributed by atoms with Crippen LogP contribution in [-0.4, -0.2) is 70.7 Å². The first-order valence-electron chi connectivity index (χ1n) is 28.7. The highest BCUT2D eigenvalue weighted by atomic mass is 31.2. The third-order valence-electron chi connectivity index (χ3n) is 12.7. The average molecular weight is 967 g/mol. The summed E-state index contributed by atoms with van der Waals surface area (Å²) in [5.74, 6) is -0.331. The lowest BCUT2D eigenvalue weighted by molar-refractivity contribution is -0.870. The summed E-state index contributed by atoms with van der Waals surface area (Å²) in [4.78, 5) is 25.3. The molecule has 0 fully saturated rings. The van der Waals surface area contributed by atoms with Crippen LogP contribution in [0, 0.1) is 0 Å². The van der Waals surface area contributed by atoms with Crippen LogP contribution in [0.5, 0.6) is 0 Å². The summed E-state index contributed by atoms with van der Waals surface area (Å²) in [7, 11) is 1.36. The van der Waals surface area contributed by atoms with Crippen molar-refractivity contribution >= 4 is 13.8 Å². The summed E-state index contributed by atoms with van der Waals surface area (Å²) < 4.78 is 34.8. The second-order valence-corrected chi connectivity index (χ2v) is 22.1. The molecular formula is C58H112NO7P. The molecule has 0 aromatic carbocycles. The smallest absolute Gasteiger partial charge is 0.306 e. The molecule has 2 atom stereocenters. The van der Waals surface area contributed by atoms with Gasteiger partial charge in [0.2, 0.25) is 0 Å². The van der Waals surface area contributed by atoms with E-state index in [0.717, 1.165) is 38.5 Å². The molecule has 9 heteroatoms. The summed E-state index contributed by atoms with van der Waals surface area (Å²) >= 11 is 0. The van der Waals surface area contributed by atoms with Crippen molar-refractivity contribution in [2.24, 2.45) is 0 Å². The fourth-order valence-corrected chi connectivity index (χ4v) is 8.95. The molecule has 0 saturated heterocycles. The summed E-state index contributed by atoms with van der Waals surface area (Å²) in [6.07, 6.45) is 63.2. The Bertz CT molecular complexity index is 1170. The number of rotatable bonds is 54. The number of carbonyl (C=O) groups is 1. The SMILES string of the molecule is CCCCC/C=C\C/C=C\CCCCCCCCCCCCOCC(COP(=O)([O-])OCC[N+](C)(C)C)OC(=O)CCCCCCCCCCCCCCC/C=C\CCCCCCCCCC. The van der Waals surface area contributed by atoms with Gasteiger partial charge in [0.15, 0.2) is 0 Å². The van der Waals surface area contributed by atoms with Gasteiger partial charge in [-0.05, 0) is 70.6 Å². The van der Waals surface area contributed by atoms with Gasteiger partial charge in [-0.3, -0.25) is 9.36 Å². The predicted molar refractivity (Wildman–Crippen MR) is 287 cm³/mol. The number of allylic oxidation sites excluding steroid dienone is 6. The van der Waals surface area contributed by atoms with E-state index in [1.54, 1.807) is 0 Å². The molecule has 0 spiro atoms. The maximum atomic E-state index is 12.8. The number of phosphoric acid groups is 1. The zero-order valence-electron chi connectivity index (χ0n) is 45.1. The number of phosphoric ester groups is 1. The van der Waals surface area contributed by atoms with E-state index in [1.807, 2.05) is 21.1 Å². The van der Waals surface area contributed by atoms with Crippen LogP contribution in [0.25, 0.3) is 0 Å². The Balaban J connectivity index is 4.05. The number of hydrogen-bond donors (Lipinski definition) is 0. The minimum Gasteiger partial charge on any atom is -0.756 e. The maximum Gasteiger partial charge on any atom is 0.306 e. The van der Waals surface area contributed by atoms with E-state index in [4.69, 9.17) is 18.5 Å². The first kappa shape index (κ1) is 65.7. The van der Waals surface area contributed by atoms with Gasteiger partial charge in [0.1, 0.15) is 19.3 Å². The molecule has 0 heterocycles. The monoisotopic (exact) mass is 966 g/mol. The molecule has 396 valence electrons. The molecule has 0 aliphatic heterocycles. The van der Waals surface area contributed by atoms with Crippen LogP contribution in [-0.2, 0) is 27.9 Å². The highest BCUT2D eigenvalue weighted by molar-refractivity contribution is 7.45. The molecule has 0 saturated carbocycles. The quantitative estimate of drug-likeness (QED) is 0.0197. The summed E-state index contributed by atoms with van der Waals surface area (Å²) in [6, 6.07) is 0. The molecule has 0 aliphatic rings. The maximum absolute atomic E-state index is 12.8. The molecular weight excluding hydrogens is 854 g/mol.